The molecular weight excluding hydrogens is 391 g/mol. The van der Waals surface area contributed by atoms with Crippen molar-refractivity contribution >= 4 is 16.6 Å². The van der Waals surface area contributed by atoms with Crippen molar-refractivity contribution in [3.8, 4) is 28.5 Å². The van der Waals surface area contributed by atoms with Crippen LogP contribution < -0.4 is 4.90 Å². The molecule has 1 unspecified atom stereocenters. The molecule has 0 radical (unpaired) electrons. The Morgan fingerprint density at radius 3 is 2.65 bits per heavy atom. The Labute approximate surface area is 179 Å². The van der Waals surface area contributed by atoms with Crippen molar-refractivity contribution in [3.63, 3.8) is 0 Å². The fourth-order valence-corrected chi connectivity index (χ4v) is 4.18. The molecule has 152 valence electrons. The van der Waals surface area contributed by atoms with E-state index < -0.39 is 6.10 Å². The molecular formula is C25H19FN4O. The molecule has 1 N–H and O–H groups in total. The zero-order valence-corrected chi connectivity index (χ0v) is 16.7. The Bertz CT molecular complexity index is 1320. The van der Waals surface area contributed by atoms with Gasteiger partial charge in [0.05, 0.1) is 11.8 Å². The van der Waals surface area contributed by atoms with Crippen molar-refractivity contribution < 1.29 is 9.50 Å². The molecule has 1 saturated heterocycles. The molecule has 0 aliphatic carbocycles. The highest BCUT2D eigenvalue weighted by Gasteiger charge is 2.25. The van der Waals surface area contributed by atoms with Crippen molar-refractivity contribution in [2.45, 2.75) is 12.5 Å². The number of pyridine rings is 2. The summed E-state index contributed by atoms with van der Waals surface area (Å²) in [6.45, 7) is 1.13. The predicted octanol–water partition coefficient (Wildman–Crippen LogP) is 4.55. The lowest BCUT2D eigenvalue weighted by molar-refractivity contribution is 0.198. The zero-order chi connectivity index (χ0) is 21.4. The fourth-order valence-electron chi connectivity index (χ4n) is 4.18. The quantitative estimate of drug-likeness (QED) is 0.537. The first-order chi connectivity index (χ1) is 15.1. The lowest BCUT2D eigenvalue weighted by Crippen LogP contribution is -2.23. The van der Waals surface area contributed by atoms with Crippen LogP contribution in [0.25, 0.3) is 33.2 Å². The molecule has 0 amide bonds. The van der Waals surface area contributed by atoms with Gasteiger partial charge >= 0.3 is 0 Å². The fraction of sp³-hybridized carbons (Fsp3) is 0.160. The summed E-state index contributed by atoms with van der Waals surface area (Å²) in [7, 11) is 0. The predicted molar refractivity (Wildman–Crippen MR) is 118 cm³/mol. The largest absolute Gasteiger partial charge is 0.391 e. The van der Waals surface area contributed by atoms with E-state index in [2.05, 4.69) is 16.0 Å². The van der Waals surface area contributed by atoms with E-state index in [-0.39, 0.29) is 11.5 Å². The molecule has 2 aromatic heterocycles. The van der Waals surface area contributed by atoms with Gasteiger partial charge in [-0.05, 0) is 53.8 Å². The van der Waals surface area contributed by atoms with E-state index >= 15 is 0 Å². The molecule has 3 heterocycles. The number of rotatable bonds is 3. The standard InChI is InChI=1S/C25H19FN4O/c26-18-5-3-4-17(12-18)24-21-13-16(22-6-1-2-10-28-22)7-8-20(21)25(29-23(24)14-27)30-11-9-19(31)15-30/h1-8,10,12-13,19,31H,9,11,15H2. The van der Waals surface area contributed by atoms with Gasteiger partial charge in [0.15, 0.2) is 5.69 Å². The van der Waals surface area contributed by atoms with Crippen LogP contribution in [0.4, 0.5) is 10.2 Å². The van der Waals surface area contributed by atoms with Crippen molar-refractivity contribution in [1.82, 2.24) is 9.97 Å². The van der Waals surface area contributed by atoms with Gasteiger partial charge in [0.1, 0.15) is 17.7 Å². The van der Waals surface area contributed by atoms with Crippen molar-refractivity contribution in [1.29, 1.82) is 5.26 Å². The van der Waals surface area contributed by atoms with Gasteiger partial charge in [0, 0.05) is 35.8 Å². The normalized spacial score (nSPS) is 15.9. The highest BCUT2D eigenvalue weighted by molar-refractivity contribution is 6.05. The molecule has 0 spiro atoms. The summed E-state index contributed by atoms with van der Waals surface area (Å²) in [5, 5.41) is 21.6. The van der Waals surface area contributed by atoms with E-state index in [0.717, 1.165) is 22.0 Å². The van der Waals surface area contributed by atoms with Crippen LogP contribution in [-0.4, -0.2) is 34.3 Å². The minimum atomic E-state index is -0.418. The zero-order valence-electron chi connectivity index (χ0n) is 16.7. The minimum Gasteiger partial charge on any atom is -0.391 e. The van der Waals surface area contributed by atoms with Crippen LogP contribution >= 0.6 is 0 Å². The molecule has 5 nitrogen and oxygen atoms in total. The number of nitriles is 1. The summed E-state index contributed by atoms with van der Waals surface area (Å²) >= 11 is 0. The summed E-state index contributed by atoms with van der Waals surface area (Å²) in [6, 6.07) is 20.0. The number of fused-ring (bicyclic) bond motifs is 1. The molecule has 1 aliphatic rings. The van der Waals surface area contributed by atoms with Gasteiger partial charge in [0.25, 0.3) is 0 Å². The van der Waals surface area contributed by atoms with Gasteiger partial charge in [-0.3, -0.25) is 4.98 Å². The molecule has 1 fully saturated rings. The Hall–Kier alpha value is -3.82. The summed E-state index contributed by atoms with van der Waals surface area (Å²) in [5.74, 6) is 0.290. The topological polar surface area (TPSA) is 73.0 Å². The number of benzene rings is 2. The Balaban J connectivity index is 1.82. The maximum Gasteiger partial charge on any atom is 0.151 e. The van der Waals surface area contributed by atoms with Crippen LogP contribution in [0.15, 0.2) is 66.9 Å². The molecule has 0 saturated carbocycles. The molecule has 2 aromatic carbocycles. The van der Waals surface area contributed by atoms with Crippen LogP contribution in [-0.2, 0) is 0 Å². The third kappa shape index (κ3) is 3.49. The number of aliphatic hydroxyl groups excluding tert-OH is 1. The highest BCUT2D eigenvalue weighted by atomic mass is 19.1. The second kappa shape index (κ2) is 7.78. The first kappa shape index (κ1) is 19.2. The summed E-state index contributed by atoms with van der Waals surface area (Å²) < 4.78 is 14.1. The smallest absolute Gasteiger partial charge is 0.151 e. The molecule has 4 aromatic rings. The third-order valence-electron chi connectivity index (χ3n) is 5.63. The minimum absolute atomic E-state index is 0.229. The summed E-state index contributed by atoms with van der Waals surface area (Å²) in [5.41, 5.74) is 3.13. The van der Waals surface area contributed by atoms with E-state index in [9.17, 15) is 14.8 Å². The monoisotopic (exact) mass is 410 g/mol. The lowest BCUT2D eigenvalue weighted by atomic mass is 9.94. The number of anilines is 1. The van der Waals surface area contributed by atoms with Crippen LogP contribution in [0.5, 0.6) is 0 Å². The van der Waals surface area contributed by atoms with Gasteiger partial charge in [-0.25, -0.2) is 9.37 Å². The Kier molecular flexibility index (Phi) is 4.81. The van der Waals surface area contributed by atoms with E-state index in [1.165, 1.54) is 12.1 Å². The molecule has 6 heteroatoms. The highest BCUT2D eigenvalue weighted by Crippen LogP contribution is 2.39. The number of hydrogen-bond donors (Lipinski definition) is 1. The van der Waals surface area contributed by atoms with E-state index in [1.807, 2.05) is 41.3 Å². The number of aromatic nitrogens is 2. The van der Waals surface area contributed by atoms with Gasteiger partial charge < -0.3 is 10.0 Å². The number of nitrogens with zero attached hydrogens (tertiary/aromatic N) is 4. The van der Waals surface area contributed by atoms with Gasteiger partial charge in [-0.15, -0.1) is 0 Å². The Morgan fingerprint density at radius 2 is 1.94 bits per heavy atom. The maximum atomic E-state index is 14.1. The van der Waals surface area contributed by atoms with Gasteiger partial charge in [-0.2, -0.15) is 5.26 Å². The lowest BCUT2D eigenvalue weighted by Gasteiger charge is -2.21. The molecule has 1 atom stereocenters. The number of halogens is 1. The van der Waals surface area contributed by atoms with Crippen molar-refractivity contribution in [2.24, 2.45) is 0 Å². The molecule has 0 bridgehead atoms. The average molecular weight is 410 g/mol. The molecule has 5 rings (SSSR count). The van der Waals surface area contributed by atoms with Crippen LogP contribution in [0, 0.1) is 17.1 Å². The second-order valence-corrected chi connectivity index (χ2v) is 7.65. The third-order valence-corrected chi connectivity index (χ3v) is 5.63. The molecule has 1 aliphatic heterocycles. The maximum absolute atomic E-state index is 14.1. The van der Waals surface area contributed by atoms with Gasteiger partial charge in [-0.1, -0.05) is 24.3 Å². The van der Waals surface area contributed by atoms with Crippen LogP contribution in [0.3, 0.4) is 0 Å². The van der Waals surface area contributed by atoms with Crippen molar-refractivity contribution in [2.75, 3.05) is 18.0 Å². The molecule has 31 heavy (non-hydrogen) atoms. The Morgan fingerprint density at radius 1 is 1.03 bits per heavy atom. The van der Waals surface area contributed by atoms with E-state index in [0.29, 0.717) is 36.5 Å². The summed E-state index contributed by atoms with van der Waals surface area (Å²) in [6.07, 6.45) is 1.97. The second-order valence-electron chi connectivity index (χ2n) is 7.65. The first-order valence-electron chi connectivity index (χ1n) is 10.1. The van der Waals surface area contributed by atoms with Crippen molar-refractivity contribution in [3.05, 3.63) is 78.4 Å². The van der Waals surface area contributed by atoms with Gasteiger partial charge in [0.2, 0.25) is 0 Å². The first-order valence-corrected chi connectivity index (χ1v) is 10.1. The number of hydrogen-bond acceptors (Lipinski definition) is 5. The SMILES string of the molecule is N#Cc1nc(N2CCC(O)C2)c2ccc(-c3ccccn3)cc2c1-c1cccc(F)c1. The van der Waals surface area contributed by atoms with Crippen LogP contribution in [0.2, 0.25) is 0 Å². The van der Waals surface area contributed by atoms with E-state index in [1.54, 1.807) is 18.3 Å². The van der Waals surface area contributed by atoms with E-state index in [4.69, 9.17) is 0 Å². The number of β-amino-alcohol motifs (C(OH)–C–C–N with tert-alkyl or cyclic N) is 1. The summed E-state index contributed by atoms with van der Waals surface area (Å²) in [4.78, 5) is 11.1. The average Bonchev–Trinajstić information content (AvgIpc) is 3.24. The van der Waals surface area contributed by atoms with Crippen LogP contribution in [0.1, 0.15) is 12.1 Å². The number of aliphatic hydroxyl groups is 1.